The van der Waals surface area contributed by atoms with Gasteiger partial charge in [-0.15, -0.1) is 0 Å². The number of benzene rings is 1. The highest BCUT2D eigenvalue weighted by Crippen LogP contribution is 2.45. The maximum Gasteiger partial charge on any atom is 0.407 e. The molecule has 2 unspecified atom stereocenters. The van der Waals surface area contributed by atoms with E-state index in [-0.39, 0.29) is 18.4 Å². The van der Waals surface area contributed by atoms with E-state index in [0.717, 1.165) is 5.56 Å². The normalized spacial score (nSPS) is 28.0. The second kappa shape index (κ2) is 5.12. The molecule has 1 aromatic carbocycles. The Bertz CT molecular complexity index is 630. The maximum absolute atomic E-state index is 12.7. The van der Waals surface area contributed by atoms with Crippen molar-refractivity contribution in [2.75, 3.05) is 20.1 Å². The van der Waals surface area contributed by atoms with Gasteiger partial charge in [-0.2, -0.15) is 0 Å². The molecule has 0 aliphatic carbocycles. The summed E-state index contributed by atoms with van der Waals surface area (Å²) in [5, 5.41) is 9.27. The number of nitrogens with zero attached hydrogens (tertiary/aromatic N) is 2. The van der Waals surface area contributed by atoms with Gasteiger partial charge in [0, 0.05) is 20.1 Å². The van der Waals surface area contributed by atoms with Gasteiger partial charge in [0.15, 0.2) is 0 Å². The third-order valence-corrected chi connectivity index (χ3v) is 4.82. The lowest BCUT2D eigenvalue weighted by molar-refractivity contribution is -0.140. The molecule has 2 aliphatic heterocycles. The Hall–Kier alpha value is -2.37. The number of carbonyl (C=O) groups is 3. The Morgan fingerprint density at radius 3 is 2.64 bits per heavy atom. The van der Waals surface area contributed by atoms with Gasteiger partial charge in [0.05, 0.1) is 11.3 Å². The second-order valence-corrected chi connectivity index (χ2v) is 6.07. The Morgan fingerprint density at radius 1 is 1.32 bits per heavy atom. The summed E-state index contributed by atoms with van der Waals surface area (Å²) in [7, 11) is 1.49. The molecular formula is C16H18N2O4. The van der Waals surface area contributed by atoms with E-state index in [1.54, 1.807) is 0 Å². The van der Waals surface area contributed by atoms with Crippen LogP contribution in [0.2, 0.25) is 0 Å². The summed E-state index contributed by atoms with van der Waals surface area (Å²) in [4.78, 5) is 38.8. The Kier molecular flexibility index (Phi) is 3.39. The summed E-state index contributed by atoms with van der Waals surface area (Å²) < 4.78 is 0. The van der Waals surface area contributed by atoms with E-state index in [0.29, 0.717) is 19.4 Å². The first kappa shape index (κ1) is 14.6. The molecule has 3 rings (SSSR count). The fourth-order valence-electron chi connectivity index (χ4n) is 3.71. The number of rotatable bonds is 2. The summed E-state index contributed by atoms with van der Waals surface area (Å²) in [5.41, 5.74) is -0.0275. The van der Waals surface area contributed by atoms with Crippen LogP contribution in [0.4, 0.5) is 4.79 Å². The summed E-state index contributed by atoms with van der Waals surface area (Å²) >= 11 is 0. The van der Waals surface area contributed by atoms with E-state index < -0.39 is 17.4 Å². The lowest BCUT2D eigenvalue weighted by atomic mass is 9.69. The monoisotopic (exact) mass is 302 g/mol. The Balaban J connectivity index is 2.01. The van der Waals surface area contributed by atoms with E-state index in [1.807, 2.05) is 30.3 Å². The third kappa shape index (κ3) is 2.06. The molecule has 1 N–H and O–H groups in total. The van der Waals surface area contributed by atoms with Crippen LogP contribution < -0.4 is 0 Å². The largest absolute Gasteiger partial charge is 0.465 e. The smallest absolute Gasteiger partial charge is 0.407 e. The fraction of sp³-hybridized carbons (Fsp3) is 0.438. The zero-order chi connectivity index (χ0) is 15.9. The molecule has 2 saturated heterocycles. The van der Waals surface area contributed by atoms with E-state index in [2.05, 4.69) is 0 Å². The number of hydrogen-bond acceptors (Lipinski definition) is 3. The molecule has 2 heterocycles. The summed E-state index contributed by atoms with van der Waals surface area (Å²) in [6, 6.07) is 9.45. The average Bonchev–Trinajstić information content (AvgIpc) is 2.70. The molecule has 6 nitrogen and oxygen atoms in total. The molecule has 0 radical (unpaired) electrons. The van der Waals surface area contributed by atoms with Crippen molar-refractivity contribution in [3.8, 4) is 0 Å². The predicted octanol–water partition coefficient (Wildman–Crippen LogP) is 1.21. The zero-order valence-corrected chi connectivity index (χ0v) is 12.4. The van der Waals surface area contributed by atoms with Crippen molar-refractivity contribution in [3.63, 3.8) is 0 Å². The molecular weight excluding hydrogens is 284 g/mol. The van der Waals surface area contributed by atoms with Crippen molar-refractivity contribution in [1.29, 1.82) is 0 Å². The van der Waals surface area contributed by atoms with Gasteiger partial charge in [0.1, 0.15) is 0 Å². The van der Waals surface area contributed by atoms with Gasteiger partial charge in [-0.05, 0) is 18.4 Å². The first-order valence-corrected chi connectivity index (χ1v) is 7.29. The maximum atomic E-state index is 12.7. The van der Waals surface area contributed by atoms with Crippen LogP contribution in [0.25, 0.3) is 0 Å². The predicted molar refractivity (Wildman–Crippen MR) is 78.1 cm³/mol. The molecule has 22 heavy (non-hydrogen) atoms. The van der Waals surface area contributed by atoms with Gasteiger partial charge in [-0.1, -0.05) is 30.3 Å². The van der Waals surface area contributed by atoms with E-state index >= 15 is 0 Å². The van der Waals surface area contributed by atoms with Crippen LogP contribution in [0.1, 0.15) is 12.0 Å². The number of piperidine rings is 1. The van der Waals surface area contributed by atoms with Crippen molar-refractivity contribution < 1.29 is 19.5 Å². The number of likely N-dealkylation sites (tertiary alicyclic amines) is 2. The highest BCUT2D eigenvalue weighted by molar-refractivity contribution is 6.07. The van der Waals surface area contributed by atoms with Crippen molar-refractivity contribution in [2.45, 2.75) is 12.8 Å². The standard InChI is InChI=1S/C16H18N2O4/c1-17-13(19)12-7-8-18(15(21)22)10-16(12,14(17)20)9-11-5-3-2-4-6-11/h2-6,12H,7-10H2,1H3,(H,21,22). The molecule has 0 spiro atoms. The zero-order valence-electron chi connectivity index (χ0n) is 12.4. The lowest BCUT2D eigenvalue weighted by Gasteiger charge is -2.40. The first-order chi connectivity index (χ1) is 10.5. The fourth-order valence-corrected chi connectivity index (χ4v) is 3.71. The molecule has 116 valence electrons. The molecule has 6 heteroatoms. The van der Waals surface area contributed by atoms with Crippen molar-refractivity contribution in [2.24, 2.45) is 11.3 Å². The van der Waals surface area contributed by atoms with Crippen molar-refractivity contribution in [1.82, 2.24) is 9.80 Å². The number of carbonyl (C=O) groups excluding carboxylic acids is 2. The van der Waals surface area contributed by atoms with Crippen LogP contribution in [-0.2, 0) is 16.0 Å². The minimum absolute atomic E-state index is 0.0802. The lowest BCUT2D eigenvalue weighted by Crippen LogP contribution is -2.53. The van der Waals surface area contributed by atoms with Crippen LogP contribution in [0, 0.1) is 11.3 Å². The van der Waals surface area contributed by atoms with E-state index in [9.17, 15) is 19.5 Å². The number of fused-ring (bicyclic) bond motifs is 1. The molecule has 1 aromatic rings. The highest BCUT2D eigenvalue weighted by atomic mass is 16.4. The number of imide groups is 1. The summed E-state index contributed by atoms with van der Waals surface area (Å²) in [6.07, 6.45) is -0.258. The summed E-state index contributed by atoms with van der Waals surface area (Å²) in [5.74, 6) is -0.885. The van der Waals surface area contributed by atoms with E-state index in [1.165, 1.54) is 16.8 Å². The van der Waals surface area contributed by atoms with Gasteiger partial charge < -0.3 is 10.0 Å². The molecule has 0 saturated carbocycles. The van der Waals surface area contributed by atoms with Gasteiger partial charge in [0.25, 0.3) is 0 Å². The second-order valence-electron chi connectivity index (χ2n) is 6.07. The topological polar surface area (TPSA) is 77.9 Å². The molecule has 2 aliphatic rings. The summed E-state index contributed by atoms with van der Waals surface area (Å²) in [6.45, 7) is 0.375. The van der Waals surface area contributed by atoms with Crippen LogP contribution in [0.15, 0.2) is 30.3 Å². The highest BCUT2D eigenvalue weighted by Gasteiger charge is 2.60. The molecule has 0 bridgehead atoms. The third-order valence-electron chi connectivity index (χ3n) is 4.82. The number of carboxylic acid groups (broad SMARTS) is 1. The average molecular weight is 302 g/mol. The SMILES string of the molecule is CN1C(=O)C2CCN(C(=O)O)CC2(Cc2ccccc2)C1=O. The Labute approximate surface area is 128 Å². The number of hydrogen-bond donors (Lipinski definition) is 1. The molecule has 0 aromatic heterocycles. The minimum atomic E-state index is -1.04. The van der Waals surface area contributed by atoms with Crippen LogP contribution >= 0.6 is 0 Å². The quantitative estimate of drug-likeness (QED) is 0.833. The van der Waals surface area contributed by atoms with Gasteiger partial charge in [0.2, 0.25) is 11.8 Å². The van der Waals surface area contributed by atoms with Crippen molar-refractivity contribution >= 4 is 17.9 Å². The molecule has 2 fully saturated rings. The number of amides is 3. The van der Waals surface area contributed by atoms with Gasteiger partial charge >= 0.3 is 6.09 Å². The van der Waals surface area contributed by atoms with Crippen LogP contribution in [0.5, 0.6) is 0 Å². The van der Waals surface area contributed by atoms with Gasteiger partial charge in [-0.3, -0.25) is 14.5 Å². The van der Waals surface area contributed by atoms with E-state index in [4.69, 9.17) is 0 Å². The minimum Gasteiger partial charge on any atom is -0.465 e. The van der Waals surface area contributed by atoms with Crippen molar-refractivity contribution in [3.05, 3.63) is 35.9 Å². The molecule has 2 atom stereocenters. The van der Waals surface area contributed by atoms with Gasteiger partial charge in [-0.25, -0.2) is 4.79 Å². The Morgan fingerprint density at radius 2 is 2.00 bits per heavy atom. The first-order valence-electron chi connectivity index (χ1n) is 7.29. The van der Waals surface area contributed by atoms with Crippen LogP contribution in [-0.4, -0.2) is 53.0 Å². The van der Waals surface area contributed by atoms with Crippen LogP contribution in [0.3, 0.4) is 0 Å². The molecule has 3 amide bonds.